The number of fused-ring (bicyclic) bond motifs is 1. The largest absolute Gasteiger partial charge is 0.496 e. The third-order valence-electron chi connectivity index (χ3n) is 2.12. The number of benzene rings is 1. The van der Waals surface area contributed by atoms with Crippen LogP contribution in [-0.4, -0.2) is 22.3 Å². The Bertz CT molecular complexity index is 616. The molecule has 2 aromatic rings. The zero-order valence-electron chi connectivity index (χ0n) is 8.50. The zero-order valence-corrected chi connectivity index (χ0v) is 10.8. The van der Waals surface area contributed by atoms with Crippen molar-refractivity contribution in [1.82, 2.24) is 9.97 Å². The molecule has 0 aliphatic rings. The standard InChI is InChI=1S/C10H5Cl3N2O2/c1-17-7-3-6-5(2-4(7)10(13)16)14-8(11)9(12)15-6/h2-3H,1H3. The summed E-state index contributed by atoms with van der Waals surface area (Å²) in [5.41, 5.74) is 1.09. The van der Waals surface area contributed by atoms with E-state index in [9.17, 15) is 4.79 Å². The zero-order chi connectivity index (χ0) is 12.6. The Hall–Kier alpha value is -1.10. The molecule has 1 heterocycles. The number of nitrogens with zero attached hydrogens (tertiary/aromatic N) is 2. The van der Waals surface area contributed by atoms with E-state index in [2.05, 4.69) is 9.97 Å². The number of rotatable bonds is 2. The fourth-order valence-electron chi connectivity index (χ4n) is 1.36. The smallest absolute Gasteiger partial charge is 0.256 e. The van der Waals surface area contributed by atoms with Crippen molar-refractivity contribution in [1.29, 1.82) is 0 Å². The number of hydrogen-bond donors (Lipinski definition) is 0. The van der Waals surface area contributed by atoms with Gasteiger partial charge in [0.1, 0.15) is 5.75 Å². The molecule has 0 amide bonds. The molecule has 17 heavy (non-hydrogen) atoms. The highest BCUT2D eigenvalue weighted by Gasteiger charge is 2.14. The second-order valence-electron chi connectivity index (χ2n) is 3.12. The van der Waals surface area contributed by atoms with E-state index in [1.165, 1.54) is 19.2 Å². The Morgan fingerprint density at radius 1 is 1.18 bits per heavy atom. The van der Waals surface area contributed by atoms with Gasteiger partial charge in [0.15, 0.2) is 10.3 Å². The summed E-state index contributed by atoms with van der Waals surface area (Å²) in [6.45, 7) is 0. The fourth-order valence-corrected chi connectivity index (χ4v) is 1.78. The van der Waals surface area contributed by atoms with Gasteiger partial charge in [-0.2, -0.15) is 0 Å². The topological polar surface area (TPSA) is 52.1 Å². The Morgan fingerprint density at radius 2 is 1.71 bits per heavy atom. The molecule has 0 N–H and O–H groups in total. The van der Waals surface area contributed by atoms with E-state index in [1.54, 1.807) is 0 Å². The predicted octanol–water partition coefficient (Wildman–Crippen LogP) is 3.32. The number of carbonyl (C=O) groups excluding carboxylic acids is 1. The van der Waals surface area contributed by atoms with E-state index in [4.69, 9.17) is 39.5 Å². The van der Waals surface area contributed by atoms with Crippen LogP contribution in [0.3, 0.4) is 0 Å². The molecule has 2 rings (SSSR count). The van der Waals surface area contributed by atoms with Crippen molar-refractivity contribution in [3.05, 3.63) is 28.0 Å². The van der Waals surface area contributed by atoms with E-state index in [0.717, 1.165) is 0 Å². The normalized spacial score (nSPS) is 10.6. The second-order valence-corrected chi connectivity index (χ2v) is 4.18. The number of hydrogen-bond acceptors (Lipinski definition) is 4. The quantitative estimate of drug-likeness (QED) is 0.796. The summed E-state index contributed by atoms with van der Waals surface area (Å²) in [7, 11) is 1.43. The van der Waals surface area contributed by atoms with E-state index in [0.29, 0.717) is 16.8 Å². The van der Waals surface area contributed by atoms with Crippen LogP contribution in [0, 0.1) is 0 Å². The molecule has 0 fully saturated rings. The maximum atomic E-state index is 11.2. The minimum Gasteiger partial charge on any atom is -0.496 e. The number of carbonyl (C=O) groups is 1. The lowest BCUT2D eigenvalue weighted by molar-refractivity contribution is 0.107. The molecule has 4 nitrogen and oxygen atoms in total. The molecule has 0 saturated carbocycles. The van der Waals surface area contributed by atoms with Gasteiger partial charge in [-0.1, -0.05) is 23.2 Å². The van der Waals surface area contributed by atoms with Gasteiger partial charge in [-0.05, 0) is 17.7 Å². The number of methoxy groups -OCH3 is 1. The molecule has 1 aromatic carbocycles. The Kier molecular flexibility index (Phi) is 3.38. The second kappa shape index (κ2) is 4.64. The Labute approximate surface area is 111 Å². The molecular formula is C10H5Cl3N2O2. The minimum atomic E-state index is -0.642. The molecule has 7 heteroatoms. The van der Waals surface area contributed by atoms with Crippen LogP contribution in [0.15, 0.2) is 12.1 Å². The molecular weight excluding hydrogens is 286 g/mol. The predicted molar refractivity (Wildman–Crippen MR) is 66.3 cm³/mol. The van der Waals surface area contributed by atoms with Gasteiger partial charge in [0.25, 0.3) is 5.24 Å². The van der Waals surface area contributed by atoms with E-state index in [-0.39, 0.29) is 15.9 Å². The number of halogens is 3. The summed E-state index contributed by atoms with van der Waals surface area (Å²) in [6.07, 6.45) is 0. The van der Waals surface area contributed by atoms with Crippen molar-refractivity contribution < 1.29 is 9.53 Å². The van der Waals surface area contributed by atoms with Crippen molar-refractivity contribution in [3.63, 3.8) is 0 Å². The van der Waals surface area contributed by atoms with Gasteiger partial charge in [-0.15, -0.1) is 0 Å². The van der Waals surface area contributed by atoms with E-state index >= 15 is 0 Å². The summed E-state index contributed by atoms with van der Waals surface area (Å²) in [5, 5.41) is -0.486. The Balaban J connectivity index is 2.78. The van der Waals surface area contributed by atoms with Gasteiger partial charge >= 0.3 is 0 Å². The van der Waals surface area contributed by atoms with E-state index < -0.39 is 5.24 Å². The molecule has 0 aliphatic heterocycles. The molecule has 0 atom stereocenters. The maximum absolute atomic E-state index is 11.2. The van der Waals surface area contributed by atoms with Crippen LogP contribution in [0.5, 0.6) is 5.75 Å². The van der Waals surface area contributed by atoms with Gasteiger partial charge in [0.05, 0.1) is 23.7 Å². The van der Waals surface area contributed by atoms with Crippen molar-refractivity contribution in [2.75, 3.05) is 7.11 Å². The van der Waals surface area contributed by atoms with Crippen LogP contribution in [0.1, 0.15) is 10.4 Å². The fraction of sp³-hybridized carbons (Fsp3) is 0.100. The highest BCUT2D eigenvalue weighted by atomic mass is 35.5. The van der Waals surface area contributed by atoms with Gasteiger partial charge < -0.3 is 4.74 Å². The first-order chi connectivity index (χ1) is 8.02. The molecule has 0 spiro atoms. The summed E-state index contributed by atoms with van der Waals surface area (Å²) in [6, 6.07) is 2.98. The highest BCUT2D eigenvalue weighted by molar-refractivity contribution is 6.68. The lowest BCUT2D eigenvalue weighted by Crippen LogP contribution is -1.97. The summed E-state index contributed by atoms with van der Waals surface area (Å²) in [4.78, 5) is 19.2. The average molecular weight is 292 g/mol. The number of aromatic nitrogens is 2. The van der Waals surface area contributed by atoms with Gasteiger partial charge in [0, 0.05) is 6.07 Å². The lowest BCUT2D eigenvalue weighted by Gasteiger charge is -2.06. The van der Waals surface area contributed by atoms with Crippen LogP contribution in [0.25, 0.3) is 11.0 Å². The van der Waals surface area contributed by atoms with Crippen molar-refractivity contribution in [2.24, 2.45) is 0 Å². The first-order valence-electron chi connectivity index (χ1n) is 4.43. The van der Waals surface area contributed by atoms with E-state index in [1.807, 2.05) is 0 Å². The molecule has 0 radical (unpaired) electrons. The van der Waals surface area contributed by atoms with Crippen LogP contribution < -0.4 is 4.74 Å². The van der Waals surface area contributed by atoms with Crippen molar-refractivity contribution >= 4 is 51.1 Å². The van der Waals surface area contributed by atoms with Crippen LogP contribution >= 0.6 is 34.8 Å². The average Bonchev–Trinajstić information content (AvgIpc) is 2.29. The maximum Gasteiger partial charge on any atom is 0.256 e. The first kappa shape index (κ1) is 12.4. The van der Waals surface area contributed by atoms with Crippen LogP contribution in [-0.2, 0) is 0 Å². The van der Waals surface area contributed by atoms with Gasteiger partial charge in [-0.3, -0.25) is 4.79 Å². The lowest BCUT2D eigenvalue weighted by atomic mass is 10.2. The van der Waals surface area contributed by atoms with Crippen molar-refractivity contribution in [2.45, 2.75) is 0 Å². The molecule has 1 aromatic heterocycles. The minimum absolute atomic E-state index is 0.0669. The first-order valence-corrected chi connectivity index (χ1v) is 5.57. The van der Waals surface area contributed by atoms with Crippen LogP contribution in [0.4, 0.5) is 0 Å². The molecule has 0 saturated heterocycles. The molecule has 0 bridgehead atoms. The highest BCUT2D eigenvalue weighted by Crippen LogP contribution is 2.28. The third kappa shape index (κ3) is 2.29. The van der Waals surface area contributed by atoms with Gasteiger partial charge in [0.2, 0.25) is 0 Å². The molecule has 0 unspecified atom stereocenters. The monoisotopic (exact) mass is 290 g/mol. The summed E-state index contributed by atoms with van der Waals surface area (Å²) in [5.74, 6) is 0.310. The Morgan fingerprint density at radius 3 is 2.18 bits per heavy atom. The summed E-state index contributed by atoms with van der Waals surface area (Å²) < 4.78 is 5.04. The molecule has 88 valence electrons. The number of ether oxygens (including phenoxy) is 1. The van der Waals surface area contributed by atoms with Crippen molar-refractivity contribution in [3.8, 4) is 5.75 Å². The summed E-state index contributed by atoms with van der Waals surface area (Å²) >= 11 is 16.9. The van der Waals surface area contributed by atoms with Gasteiger partial charge in [-0.25, -0.2) is 9.97 Å². The van der Waals surface area contributed by atoms with Crippen LogP contribution in [0.2, 0.25) is 10.3 Å². The SMILES string of the molecule is COc1cc2nc(Cl)c(Cl)nc2cc1C(=O)Cl. The molecule has 0 aliphatic carbocycles. The third-order valence-corrected chi connectivity index (χ3v) is 2.94.